The number of nitro groups is 1. The summed E-state index contributed by atoms with van der Waals surface area (Å²) in [6, 6.07) is 20.7. The normalized spacial score (nSPS) is 14.1. The summed E-state index contributed by atoms with van der Waals surface area (Å²) >= 11 is 0. The largest absolute Gasteiger partial charge is 0.422 e. The molecule has 0 aliphatic carbocycles. The van der Waals surface area contributed by atoms with Crippen LogP contribution in [0.3, 0.4) is 0 Å². The Labute approximate surface area is 176 Å². The van der Waals surface area contributed by atoms with Crippen LogP contribution in [-0.4, -0.2) is 22.8 Å². The molecule has 4 rings (SSSR count). The highest BCUT2D eigenvalue weighted by molar-refractivity contribution is 6.13. The Balaban J connectivity index is 1.60. The van der Waals surface area contributed by atoms with E-state index in [9.17, 15) is 19.7 Å². The summed E-state index contributed by atoms with van der Waals surface area (Å²) in [5.74, 6) is -0.923. The molecule has 0 amide bonds. The predicted octanol–water partition coefficient (Wildman–Crippen LogP) is 4.16. The van der Waals surface area contributed by atoms with E-state index in [0.717, 1.165) is 0 Å². The van der Waals surface area contributed by atoms with Crippen LogP contribution in [0.2, 0.25) is 0 Å². The molecule has 0 bridgehead atoms. The van der Waals surface area contributed by atoms with Gasteiger partial charge in [0.25, 0.3) is 5.69 Å². The standard InChI is InChI=1S/C23H14N2O6/c26-22(16-6-2-1-3-7-16)30-20-9-5-4-8-17(20)14-19-23(27)31-21(24-19)15-10-12-18(13-11-15)25(28)29/h1-14H/b19-14+. The van der Waals surface area contributed by atoms with E-state index in [4.69, 9.17) is 9.47 Å². The first-order chi connectivity index (χ1) is 15.0. The molecule has 0 unspecified atom stereocenters. The lowest BCUT2D eigenvalue weighted by molar-refractivity contribution is -0.384. The van der Waals surface area contributed by atoms with Crippen molar-refractivity contribution < 1.29 is 24.0 Å². The maximum Gasteiger partial charge on any atom is 0.363 e. The fourth-order valence-electron chi connectivity index (χ4n) is 2.83. The lowest BCUT2D eigenvalue weighted by atomic mass is 10.1. The summed E-state index contributed by atoms with van der Waals surface area (Å²) in [6.45, 7) is 0. The molecule has 8 nitrogen and oxygen atoms in total. The van der Waals surface area contributed by atoms with Gasteiger partial charge < -0.3 is 9.47 Å². The Bertz CT molecular complexity index is 1230. The quantitative estimate of drug-likeness (QED) is 0.204. The number of nitrogens with zero attached hydrogens (tertiary/aromatic N) is 2. The number of hydrogen-bond donors (Lipinski definition) is 0. The second kappa shape index (κ2) is 8.42. The van der Waals surface area contributed by atoms with Crippen molar-refractivity contribution in [3.05, 3.63) is 111 Å². The van der Waals surface area contributed by atoms with E-state index >= 15 is 0 Å². The number of nitro benzene ring substituents is 1. The molecular formula is C23H14N2O6. The molecule has 1 heterocycles. The lowest BCUT2D eigenvalue weighted by Crippen LogP contribution is -2.09. The van der Waals surface area contributed by atoms with Gasteiger partial charge in [-0.15, -0.1) is 0 Å². The smallest absolute Gasteiger partial charge is 0.363 e. The highest BCUT2D eigenvalue weighted by atomic mass is 16.6. The zero-order valence-electron chi connectivity index (χ0n) is 15.9. The summed E-state index contributed by atoms with van der Waals surface area (Å²) in [5.41, 5.74) is 1.21. The van der Waals surface area contributed by atoms with Gasteiger partial charge in [-0.2, -0.15) is 0 Å². The van der Waals surface area contributed by atoms with E-state index in [1.54, 1.807) is 54.6 Å². The minimum absolute atomic E-state index is 0.0107. The van der Waals surface area contributed by atoms with E-state index in [2.05, 4.69) is 4.99 Å². The Morgan fingerprint density at radius 1 is 0.968 bits per heavy atom. The van der Waals surface area contributed by atoms with Gasteiger partial charge in [0.15, 0.2) is 5.70 Å². The topological polar surface area (TPSA) is 108 Å². The summed E-state index contributed by atoms with van der Waals surface area (Å²) in [6.07, 6.45) is 1.45. The van der Waals surface area contributed by atoms with Crippen LogP contribution >= 0.6 is 0 Å². The Morgan fingerprint density at radius 2 is 1.65 bits per heavy atom. The molecule has 0 atom stereocenters. The van der Waals surface area contributed by atoms with Gasteiger partial charge in [-0.1, -0.05) is 36.4 Å². The van der Waals surface area contributed by atoms with Crippen LogP contribution in [0.5, 0.6) is 5.75 Å². The second-order valence-corrected chi connectivity index (χ2v) is 6.43. The highest BCUT2D eigenvalue weighted by Gasteiger charge is 2.25. The molecule has 152 valence electrons. The van der Waals surface area contributed by atoms with Crippen molar-refractivity contribution in [2.24, 2.45) is 4.99 Å². The minimum Gasteiger partial charge on any atom is -0.422 e. The molecule has 0 N–H and O–H groups in total. The number of esters is 2. The van der Waals surface area contributed by atoms with Gasteiger partial charge in [-0.3, -0.25) is 10.1 Å². The summed E-state index contributed by atoms with van der Waals surface area (Å²) in [5, 5.41) is 10.8. The summed E-state index contributed by atoms with van der Waals surface area (Å²) in [7, 11) is 0. The zero-order chi connectivity index (χ0) is 21.8. The number of carbonyl (C=O) groups excluding carboxylic acids is 2. The van der Waals surface area contributed by atoms with Crippen LogP contribution in [0.15, 0.2) is 89.6 Å². The predicted molar refractivity (Wildman–Crippen MR) is 112 cm³/mol. The summed E-state index contributed by atoms with van der Waals surface area (Å²) in [4.78, 5) is 39.1. The average molecular weight is 414 g/mol. The van der Waals surface area contributed by atoms with Crippen LogP contribution in [0.25, 0.3) is 6.08 Å². The Kier molecular flexibility index (Phi) is 5.35. The van der Waals surface area contributed by atoms with Gasteiger partial charge in [0, 0.05) is 23.3 Å². The molecule has 3 aromatic rings. The fourth-order valence-corrected chi connectivity index (χ4v) is 2.83. The Morgan fingerprint density at radius 3 is 2.35 bits per heavy atom. The SMILES string of the molecule is O=C1OC(c2ccc([N+](=O)[O-])cc2)=N/C1=C/c1ccccc1OC(=O)c1ccccc1. The fraction of sp³-hybridized carbons (Fsp3) is 0. The molecular weight excluding hydrogens is 400 g/mol. The number of rotatable bonds is 5. The van der Waals surface area contributed by atoms with Crippen LogP contribution < -0.4 is 4.74 Å². The molecule has 0 aromatic heterocycles. The molecule has 3 aromatic carbocycles. The molecule has 1 aliphatic heterocycles. The van der Waals surface area contributed by atoms with E-state index in [0.29, 0.717) is 16.7 Å². The molecule has 0 spiro atoms. The third-order valence-electron chi connectivity index (χ3n) is 4.37. The monoisotopic (exact) mass is 414 g/mol. The van der Waals surface area contributed by atoms with E-state index in [1.165, 1.54) is 30.3 Å². The van der Waals surface area contributed by atoms with Crippen molar-refractivity contribution in [2.45, 2.75) is 0 Å². The first-order valence-corrected chi connectivity index (χ1v) is 9.15. The number of para-hydroxylation sites is 1. The van der Waals surface area contributed by atoms with Crippen LogP contribution in [0, 0.1) is 10.1 Å². The Hall–Kier alpha value is -4.59. The molecule has 31 heavy (non-hydrogen) atoms. The van der Waals surface area contributed by atoms with Gasteiger partial charge in [0.1, 0.15) is 5.75 Å². The van der Waals surface area contributed by atoms with Crippen molar-refractivity contribution in [3.8, 4) is 5.75 Å². The van der Waals surface area contributed by atoms with Crippen molar-refractivity contribution in [1.29, 1.82) is 0 Å². The first kappa shape index (κ1) is 19.7. The third kappa shape index (κ3) is 4.38. The van der Waals surface area contributed by atoms with Crippen molar-refractivity contribution in [3.63, 3.8) is 0 Å². The van der Waals surface area contributed by atoms with E-state index < -0.39 is 16.9 Å². The van der Waals surface area contributed by atoms with Crippen molar-refractivity contribution in [1.82, 2.24) is 0 Å². The minimum atomic E-state index is -0.683. The number of benzene rings is 3. The van der Waals surface area contributed by atoms with Gasteiger partial charge in [0.2, 0.25) is 5.90 Å². The van der Waals surface area contributed by atoms with Gasteiger partial charge >= 0.3 is 11.9 Å². The van der Waals surface area contributed by atoms with Crippen LogP contribution in [0.1, 0.15) is 21.5 Å². The molecule has 0 saturated heterocycles. The first-order valence-electron chi connectivity index (χ1n) is 9.15. The van der Waals surface area contributed by atoms with Gasteiger partial charge in [-0.25, -0.2) is 14.6 Å². The number of carbonyl (C=O) groups is 2. The molecule has 0 radical (unpaired) electrons. The number of non-ortho nitro benzene ring substituents is 1. The molecule has 1 aliphatic rings. The third-order valence-corrected chi connectivity index (χ3v) is 4.37. The second-order valence-electron chi connectivity index (χ2n) is 6.43. The zero-order valence-corrected chi connectivity index (χ0v) is 15.9. The molecule has 0 saturated carbocycles. The number of hydrogen-bond acceptors (Lipinski definition) is 7. The van der Waals surface area contributed by atoms with E-state index in [-0.39, 0.29) is 23.0 Å². The number of ether oxygens (including phenoxy) is 2. The van der Waals surface area contributed by atoms with Crippen LogP contribution in [-0.2, 0) is 9.53 Å². The lowest BCUT2D eigenvalue weighted by Gasteiger charge is -2.07. The maximum absolute atomic E-state index is 12.4. The summed E-state index contributed by atoms with van der Waals surface area (Å²) < 4.78 is 10.7. The molecule has 8 heteroatoms. The van der Waals surface area contributed by atoms with Gasteiger partial charge in [-0.05, 0) is 36.4 Å². The van der Waals surface area contributed by atoms with Crippen molar-refractivity contribution in [2.75, 3.05) is 0 Å². The van der Waals surface area contributed by atoms with E-state index in [1.807, 2.05) is 0 Å². The average Bonchev–Trinajstić information content (AvgIpc) is 3.16. The number of aliphatic imine (C=N–C) groups is 1. The number of cyclic esters (lactones) is 1. The molecule has 0 fully saturated rings. The highest BCUT2D eigenvalue weighted by Crippen LogP contribution is 2.26. The van der Waals surface area contributed by atoms with Crippen LogP contribution in [0.4, 0.5) is 5.69 Å². The van der Waals surface area contributed by atoms with Gasteiger partial charge in [0.05, 0.1) is 10.5 Å². The maximum atomic E-state index is 12.4. The van der Waals surface area contributed by atoms with Crippen molar-refractivity contribution >= 4 is 29.6 Å².